The van der Waals surface area contributed by atoms with E-state index in [1.807, 2.05) is 0 Å². The number of piperidine rings is 1. The summed E-state index contributed by atoms with van der Waals surface area (Å²) in [6, 6.07) is 0. The average molecular weight is 360 g/mol. The Morgan fingerprint density at radius 1 is 0.762 bits per heavy atom. The Morgan fingerprint density at radius 3 is 1.57 bits per heavy atom. The predicted octanol–water partition coefficient (Wildman–Crippen LogP) is 6.78. The molecule has 2 fully saturated rings. The molecule has 1 heterocycles. The Labute approximate surface area is 125 Å². The van der Waals surface area contributed by atoms with E-state index in [2.05, 4.69) is 4.58 Å². The van der Waals surface area contributed by atoms with Gasteiger partial charge in [0.05, 0.1) is 5.92 Å². The third kappa shape index (κ3) is 11.2. The Morgan fingerprint density at radius 2 is 1.14 bits per heavy atom. The molecule has 1 aliphatic heterocycles. The van der Waals surface area contributed by atoms with Crippen LogP contribution < -0.4 is 0 Å². The van der Waals surface area contributed by atoms with Crippen molar-refractivity contribution in [3.63, 3.8) is 0 Å². The standard InChI is InChI=1S/C12H21ClN.F6P/c13-12(11-7-3-1-4-8-11)14-9-5-2-6-10-14;1-7(2,3,4,5)6/h11H,1-10H2;/q+1;-1. The summed E-state index contributed by atoms with van der Waals surface area (Å²) in [5.41, 5.74) is 0. The minimum absolute atomic E-state index is 0.698. The molecule has 2 rings (SSSR count). The van der Waals surface area contributed by atoms with Crippen LogP contribution in [-0.2, 0) is 0 Å². The van der Waals surface area contributed by atoms with E-state index in [1.54, 1.807) is 0 Å². The summed E-state index contributed by atoms with van der Waals surface area (Å²) in [4.78, 5) is 0. The Bertz CT molecular complexity index is 365. The van der Waals surface area contributed by atoms with Gasteiger partial charge in [0.1, 0.15) is 13.1 Å². The molecular weight excluding hydrogens is 339 g/mol. The number of hydrogen-bond acceptors (Lipinski definition) is 0. The van der Waals surface area contributed by atoms with Crippen LogP contribution in [0, 0.1) is 5.92 Å². The number of rotatable bonds is 1. The van der Waals surface area contributed by atoms with Gasteiger partial charge in [-0.15, -0.1) is 0 Å². The third-order valence-electron chi connectivity index (χ3n) is 3.60. The Hall–Kier alpha value is -0.0300. The first-order valence-corrected chi connectivity index (χ1v) is 9.57. The van der Waals surface area contributed by atoms with E-state index >= 15 is 0 Å². The minimum atomic E-state index is -10.7. The zero-order valence-corrected chi connectivity index (χ0v) is 13.3. The SMILES string of the molecule is ClC(C1CCCCC1)=[N+]1CCCCC1.F[P-](F)(F)(F)(F)F. The molecule has 0 amide bonds. The van der Waals surface area contributed by atoms with Crippen LogP contribution in [0.1, 0.15) is 51.4 Å². The van der Waals surface area contributed by atoms with Crippen LogP contribution in [0.15, 0.2) is 0 Å². The third-order valence-corrected chi connectivity index (χ3v) is 4.15. The fourth-order valence-electron chi connectivity index (χ4n) is 2.71. The normalized spacial score (nSPS) is 24.4. The van der Waals surface area contributed by atoms with Gasteiger partial charge in [-0.1, -0.05) is 19.3 Å². The van der Waals surface area contributed by atoms with Gasteiger partial charge in [-0.05, 0) is 30.9 Å². The number of nitrogens with zero attached hydrogens (tertiary/aromatic N) is 1. The van der Waals surface area contributed by atoms with E-state index < -0.39 is 7.81 Å². The van der Waals surface area contributed by atoms with E-state index in [1.165, 1.54) is 69.6 Å². The molecule has 0 aromatic carbocycles. The molecule has 0 radical (unpaired) electrons. The van der Waals surface area contributed by atoms with Gasteiger partial charge < -0.3 is 0 Å². The maximum absolute atomic E-state index is 10.7. The molecule has 0 unspecified atom stereocenters. The average Bonchev–Trinajstić information content (AvgIpc) is 2.36. The van der Waals surface area contributed by atoms with Crippen LogP contribution >= 0.6 is 19.4 Å². The quantitative estimate of drug-likeness (QED) is 0.276. The van der Waals surface area contributed by atoms with Crippen molar-refractivity contribution in [2.24, 2.45) is 5.92 Å². The van der Waals surface area contributed by atoms with Gasteiger partial charge in [-0.25, -0.2) is 4.58 Å². The molecule has 1 nitrogen and oxygen atoms in total. The summed E-state index contributed by atoms with van der Waals surface area (Å²) in [5.74, 6) is 0.698. The molecule has 0 N–H and O–H groups in total. The van der Waals surface area contributed by atoms with Gasteiger partial charge in [0, 0.05) is 12.8 Å². The van der Waals surface area contributed by atoms with Gasteiger partial charge in [0.25, 0.3) is 0 Å². The van der Waals surface area contributed by atoms with Gasteiger partial charge in [-0.3, -0.25) is 0 Å². The van der Waals surface area contributed by atoms with Crippen LogP contribution in [0.2, 0.25) is 0 Å². The predicted molar refractivity (Wildman–Crippen MR) is 74.8 cm³/mol. The molecule has 9 heteroatoms. The zero-order chi connectivity index (χ0) is 16.2. The second kappa shape index (κ2) is 6.23. The Kier molecular flexibility index (Phi) is 5.64. The molecule has 0 aromatic rings. The maximum atomic E-state index is 9.87. The fourth-order valence-corrected chi connectivity index (χ4v) is 3.09. The van der Waals surface area contributed by atoms with Crippen molar-refractivity contribution < 1.29 is 29.8 Å². The monoisotopic (exact) mass is 359 g/mol. The van der Waals surface area contributed by atoms with Crippen molar-refractivity contribution in [2.45, 2.75) is 51.4 Å². The molecule has 0 atom stereocenters. The van der Waals surface area contributed by atoms with E-state index in [9.17, 15) is 25.2 Å². The summed E-state index contributed by atoms with van der Waals surface area (Å²) in [5, 5.41) is 1.18. The molecule has 0 aromatic heterocycles. The Balaban J connectivity index is 0.000000270. The van der Waals surface area contributed by atoms with Gasteiger partial charge in [-0.2, -0.15) is 0 Å². The molecule has 1 aliphatic carbocycles. The second-order valence-electron chi connectivity index (χ2n) is 5.66. The summed E-state index contributed by atoms with van der Waals surface area (Å²) in [7, 11) is -10.7. The van der Waals surface area contributed by atoms with E-state index in [0.29, 0.717) is 5.92 Å². The van der Waals surface area contributed by atoms with Crippen molar-refractivity contribution in [2.75, 3.05) is 13.1 Å². The van der Waals surface area contributed by atoms with E-state index in [0.717, 1.165) is 0 Å². The molecule has 0 bridgehead atoms. The summed E-state index contributed by atoms with van der Waals surface area (Å²) in [6.07, 6.45) is 10.9. The van der Waals surface area contributed by atoms with Gasteiger partial charge in [0.2, 0.25) is 5.17 Å². The summed E-state index contributed by atoms with van der Waals surface area (Å²) < 4.78 is 61.6. The zero-order valence-electron chi connectivity index (χ0n) is 11.7. The fraction of sp³-hybridized carbons (Fsp3) is 0.917. The number of hydrogen-bond donors (Lipinski definition) is 0. The topological polar surface area (TPSA) is 3.01 Å². The first kappa shape index (κ1) is 19.0. The van der Waals surface area contributed by atoms with Crippen LogP contribution in [0.5, 0.6) is 0 Å². The molecule has 128 valence electrons. The van der Waals surface area contributed by atoms with Gasteiger partial charge >= 0.3 is 33.0 Å². The van der Waals surface area contributed by atoms with Gasteiger partial charge in [0.15, 0.2) is 0 Å². The summed E-state index contributed by atoms with van der Waals surface area (Å²) >= 11 is 6.48. The van der Waals surface area contributed by atoms with Crippen molar-refractivity contribution in [1.82, 2.24) is 0 Å². The van der Waals surface area contributed by atoms with E-state index in [4.69, 9.17) is 11.6 Å². The van der Waals surface area contributed by atoms with E-state index in [-0.39, 0.29) is 0 Å². The van der Waals surface area contributed by atoms with Crippen LogP contribution in [-0.4, -0.2) is 22.8 Å². The second-order valence-corrected chi connectivity index (χ2v) is 7.97. The van der Waals surface area contributed by atoms with Crippen molar-refractivity contribution in [3.05, 3.63) is 0 Å². The first-order valence-electron chi connectivity index (χ1n) is 7.16. The summed E-state index contributed by atoms with van der Waals surface area (Å²) in [6.45, 7) is 2.41. The molecule has 1 saturated carbocycles. The molecule has 1 saturated heterocycles. The molecule has 21 heavy (non-hydrogen) atoms. The van der Waals surface area contributed by atoms with Crippen LogP contribution in [0.25, 0.3) is 0 Å². The van der Waals surface area contributed by atoms with Crippen LogP contribution in [0.4, 0.5) is 25.2 Å². The van der Waals surface area contributed by atoms with Crippen LogP contribution in [0.3, 0.4) is 0 Å². The molecule has 0 spiro atoms. The van der Waals surface area contributed by atoms with Crippen molar-refractivity contribution in [1.29, 1.82) is 0 Å². The molecule has 2 aliphatic rings. The van der Waals surface area contributed by atoms with Crippen molar-refractivity contribution >= 4 is 24.6 Å². The number of halogens is 7. The molecular formula is C12H21ClF6NP. The first-order chi connectivity index (χ1) is 9.33. The van der Waals surface area contributed by atoms with Crippen molar-refractivity contribution in [3.8, 4) is 0 Å².